The first-order chi connectivity index (χ1) is 8.93. The van der Waals surface area contributed by atoms with Gasteiger partial charge in [0.1, 0.15) is 5.71 Å². The maximum atomic E-state index is 14.1. The van der Waals surface area contributed by atoms with E-state index in [0.717, 1.165) is 0 Å². The largest absolute Gasteiger partial charge is 0.405 e. The summed E-state index contributed by atoms with van der Waals surface area (Å²) in [5.41, 5.74) is 6.04. The number of amides is 1. The molecule has 0 atom stereocenters. The molecule has 2 N–H and O–H groups in total. The van der Waals surface area contributed by atoms with E-state index >= 15 is 0 Å². The summed E-state index contributed by atoms with van der Waals surface area (Å²) in [5, 5.41) is 0. The summed E-state index contributed by atoms with van der Waals surface area (Å²) in [6.07, 6.45) is 2.60. The predicted molar refractivity (Wildman–Crippen MR) is 78.9 cm³/mol. The van der Waals surface area contributed by atoms with Crippen LogP contribution in [0.15, 0.2) is 33.9 Å². The second-order valence-corrected chi connectivity index (χ2v) is 4.69. The quantitative estimate of drug-likeness (QED) is 0.866. The van der Waals surface area contributed by atoms with E-state index < -0.39 is 11.7 Å². The van der Waals surface area contributed by atoms with Gasteiger partial charge in [-0.2, -0.15) is 0 Å². The van der Waals surface area contributed by atoms with Crippen LogP contribution in [0.2, 0.25) is 0 Å². The number of aliphatic imine (C=N–C) groups is 1. The van der Waals surface area contributed by atoms with Crippen LogP contribution in [0, 0.1) is 12.7 Å². The summed E-state index contributed by atoms with van der Waals surface area (Å²) in [7, 11) is 2.97. The zero-order valence-electron chi connectivity index (χ0n) is 10.9. The summed E-state index contributed by atoms with van der Waals surface area (Å²) in [4.78, 5) is 17.1. The number of nitrogens with two attached hydrogens (primary N) is 1. The van der Waals surface area contributed by atoms with Crippen molar-refractivity contribution in [3.8, 4) is 0 Å². The number of hydrogen-bond donors (Lipinski definition) is 1. The van der Waals surface area contributed by atoms with Crippen molar-refractivity contribution in [3.05, 3.63) is 40.3 Å². The molecule has 0 aliphatic carbocycles. The summed E-state index contributed by atoms with van der Waals surface area (Å²) < 4.78 is 14.8. The molecule has 1 aromatic rings. The van der Waals surface area contributed by atoms with Crippen molar-refractivity contribution in [1.29, 1.82) is 0 Å². The number of nitrogens with zero attached hydrogens (tertiary/aromatic N) is 2. The molecule has 102 valence electrons. The third-order valence-corrected chi connectivity index (χ3v) is 3.54. The van der Waals surface area contributed by atoms with Gasteiger partial charge in [-0.1, -0.05) is 15.9 Å². The summed E-state index contributed by atoms with van der Waals surface area (Å²) in [6, 6.07) is 3.23. The third-order valence-electron chi connectivity index (χ3n) is 2.68. The number of rotatable bonds is 3. The number of carbonyl (C=O) groups excluding carboxylic acids is 1. The second-order valence-electron chi connectivity index (χ2n) is 3.84. The highest BCUT2D eigenvalue weighted by Gasteiger charge is 2.19. The first kappa shape index (κ1) is 15.4. The topological polar surface area (TPSA) is 58.7 Å². The molecule has 4 nitrogen and oxygen atoms in total. The molecule has 0 aliphatic heterocycles. The van der Waals surface area contributed by atoms with Gasteiger partial charge in [-0.3, -0.25) is 9.79 Å². The average molecular weight is 328 g/mol. The lowest BCUT2D eigenvalue weighted by atomic mass is 10.2. The molecule has 0 heterocycles. The van der Waals surface area contributed by atoms with Crippen molar-refractivity contribution in [1.82, 2.24) is 0 Å². The van der Waals surface area contributed by atoms with Crippen LogP contribution < -0.4 is 10.6 Å². The number of benzene rings is 1. The van der Waals surface area contributed by atoms with Crippen molar-refractivity contribution in [3.63, 3.8) is 0 Å². The standard InChI is InChI=1S/C13H15BrFN3O/c1-8-9(14)4-5-11(12(8)15)18(3)13(19)10(17-2)6-7-16/h4-7H,16H2,1-3H3. The first-order valence-electron chi connectivity index (χ1n) is 5.51. The molecular weight excluding hydrogens is 313 g/mol. The molecule has 0 saturated carbocycles. The maximum Gasteiger partial charge on any atom is 0.276 e. The van der Waals surface area contributed by atoms with E-state index in [-0.39, 0.29) is 11.4 Å². The Hall–Kier alpha value is -1.69. The van der Waals surface area contributed by atoms with Crippen molar-refractivity contribution in [2.75, 3.05) is 19.0 Å². The third kappa shape index (κ3) is 3.20. The van der Waals surface area contributed by atoms with Crippen LogP contribution >= 0.6 is 15.9 Å². The molecular formula is C13H15BrFN3O. The number of halogens is 2. The highest BCUT2D eigenvalue weighted by Crippen LogP contribution is 2.27. The van der Waals surface area contributed by atoms with Crippen LogP contribution in [0.5, 0.6) is 0 Å². The lowest BCUT2D eigenvalue weighted by molar-refractivity contribution is -0.112. The van der Waals surface area contributed by atoms with Gasteiger partial charge in [0.05, 0.1) is 5.69 Å². The summed E-state index contributed by atoms with van der Waals surface area (Å²) in [5.74, 6) is -0.873. The molecule has 0 spiro atoms. The van der Waals surface area contributed by atoms with E-state index in [1.165, 1.54) is 37.3 Å². The van der Waals surface area contributed by atoms with Gasteiger partial charge in [0.25, 0.3) is 5.91 Å². The molecule has 0 fully saturated rings. The van der Waals surface area contributed by atoms with Crippen LogP contribution in [-0.4, -0.2) is 25.7 Å². The molecule has 0 unspecified atom stereocenters. The zero-order chi connectivity index (χ0) is 14.6. The molecule has 1 amide bonds. The lowest BCUT2D eigenvalue weighted by Gasteiger charge is -2.19. The van der Waals surface area contributed by atoms with E-state index in [1.807, 2.05) is 0 Å². The van der Waals surface area contributed by atoms with Gasteiger partial charge in [0.2, 0.25) is 0 Å². The molecule has 0 aromatic heterocycles. The van der Waals surface area contributed by atoms with Gasteiger partial charge in [-0.15, -0.1) is 0 Å². The Morgan fingerprint density at radius 2 is 2.16 bits per heavy atom. The van der Waals surface area contributed by atoms with Crippen molar-refractivity contribution in [2.45, 2.75) is 6.92 Å². The Morgan fingerprint density at radius 3 is 2.68 bits per heavy atom. The molecule has 6 heteroatoms. The van der Waals surface area contributed by atoms with Gasteiger partial charge < -0.3 is 10.6 Å². The molecule has 1 rings (SSSR count). The van der Waals surface area contributed by atoms with Crippen LogP contribution in [0.4, 0.5) is 10.1 Å². The van der Waals surface area contributed by atoms with Gasteiger partial charge in [0.15, 0.2) is 5.82 Å². The number of hydrogen-bond acceptors (Lipinski definition) is 3. The molecule has 0 aliphatic rings. The van der Waals surface area contributed by atoms with Crippen molar-refractivity contribution < 1.29 is 9.18 Å². The Morgan fingerprint density at radius 1 is 1.53 bits per heavy atom. The van der Waals surface area contributed by atoms with E-state index in [0.29, 0.717) is 10.0 Å². The Kier molecular flexibility index (Phi) is 5.23. The number of carbonyl (C=O) groups is 1. The van der Waals surface area contributed by atoms with E-state index in [1.54, 1.807) is 13.0 Å². The minimum Gasteiger partial charge on any atom is -0.405 e. The second kappa shape index (κ2) is 6.47. The molecule has 1 aromatic carbocycles. The van der Waals surface area contributed by atoms with Crippen molar-refractivity contribution in [2.24, 2.45) is 10.7 Å². The van der Waals surface area contributed by atoms with Crippen molar-refractivity contribution >= 4 is 33.2 Å². The predicted octanol–water partition coefficient (Wildman–Crippen LogP) is 2.40. The van der Waals surface area contributed by atoms with Gasteiger partial charge >= 0.3 is 0 Å². The minimum atomic E-state index is -0.447. The van der Waals surface area contributed by atoms with Crippen LogP contribution in [0.25, 0.3) is 0 Å². The normalized spacial score (nSPS) is 11.9. The van der Waals surface area contributed by atoms with Gasteiger partial charge in [-0.05, 0) is 31.3 Å². The van der Waals surface area contributed by atoms with Gasteiger partial charge in [0, 0.05) is 24.1 Å². The molecule has 0 bridgehead atoms. The van der Waals surface area contributed by atoms with E-state index in [9.17, 15) is 9.18 Å². The smallest absolute Gasteiger partial charge is 0.276 e. The summed E-state index contributed by atoms with van der Waals surface area (Å²) >= 11 is 3.24. The van der Waals surface area contributed by atoms with Crippen LogP contribution in [0.1, 0.15) is 5.56 Å². The van der Waals surface area contributed by atoms with E-state index in [2.05, 4.69) is 20.9 Å². The Bertz CT molecular complexity index is 555. The zero-order valence-corrected chi connectivity index (χ0v) is 12.5. The van der Waals surface area contributed by atoms with Crippen LogP contribution in [0.3, 0.4) is 0 Å². The SMILES string of the molecule is CN=C(C=CN)C(=O)N(C)c1ccc(Br)c(C)c1F. The monoisotopic (exact) mass is 327 g/mol. The minimum absolute atomic E-state index is 0.157. The van der Waals surface area contributed by atoms with E-state index in [4.69, 9.17) is 5.73 Å². The summed E-state index contributed by atoms with van der Waals surface area (Å²) in [6.45, 7) is 1.63. The molecule has 19 heavy (non-hydrogen) atoms. The number of anilines is 1. The fourth-order valence-corrected chi connectivity index (χ4v) is 1.83. The molecule has 0 saturated heterocycles. The fraction of sp³-hybridized carbons (Fsp3) is 0.231. The maximum absolute atomic E-state index is 14.1. The Labute approximate surface area is 119 Å². The highest BCUT2D eigenvalue weighted by atomic mass is 79.9. The fourth-order valence-electron chi connectivity index (χ4n) is 1.52. The lowest BCUT2D eigenvalue weighted by Crippen LogP contribution is -2.33. The highest BCUT2D eigenvalue weighted by molar-refractivity contribution is 9.10. The average Bonchev–Trinajstić information content (AvgIpc) is 2.41. The Balaban J connectivity index is 3.18. The first-order valence-corrected chi connectivity index (χ1v) is 6.31. The van der Waals surface area contributed by atoms with Gasteiger partial charge in [-0.25, -0.2) is 4.39 Å². The van der Waals surface area contributed by atoms with Crippen LogP contribution in [-0.2, 0) is 4.79 Å². The molecule has 0 radical (unpaired) electrons.